The van der Waals surface area contributed by atoms with Gasteiger partial charge in [0.15, 0.2) is 0 Å². The molecule has 0 fully saturated rings. The first-order valence-corrected chi connectivity index (χ1v) is 5.72. The number of ether oxygens (including phenoxy) is 1. The molecule has 0 saturated heterocycles. The van der Waals surface area contributed by atoms with Gasteiger partial charge in [-0.15, -0.1) is 0 Å². The lowest BCUT2D eigenvalue weighted by Gasteiger charge is -2.20. The maximum absolute atomic E-state index is 11.1. The third kappa shape index (κ3) is 3.13. The van der Waals surface area contributed by atoms with Crippen LogP contribution in [0.15, 0.2) is 12.1 Å². The van der Waals surface area contributed by atoms with Gasteiger partial charge in [-0.25, -0.2) is 0 Å². The van der Waals surface area contributed by atoms with Crippen LogP contribution < -0.4 is 4.74 Å². The Morgan fingerprint density at radius 1 is 1.47 bits per heavy atom. The fraction of sp³-hybridized carbons (Fsp3) is 0.462. The second-order valence-corrected chi connectivity index (χ2v) is 5.20. The van der Waals surface area contributed by atoms with Gasteiger partial charge in [-0.3, -0.25) is 4.79 Å². The van der Waals surface area contributed by atoms with Crippen LogP contribution in [0.2, 0.25) is 5.02 Å². The highest BCUT2D eigenvalue weighted by atomic mass is 35.5. The highest BCUT2D eigenvalue weighted by Gasteiger charge is 2.27. The van der Waals surface area contributed by atoms with Crippen molar-refractivity contribution in [3.63, 3.8) is 0 Å². The second kappa shape index (κ2) is 4.96. The standard InChI is InChI=1S/C13H17ClO3/c1-8-5-9(6-10(14)11(8)17-4)7-13(2,3)12(15)16/h5-6H,7H2,1-4H3,(H,15,16). The van der Waals surface area contributed by atoms with Crippen molar-refractivity contribution in [1.82, 2.24) is 0 Å². The van der Waals surface area contributed by atoms with Crippen molar-refractivity contribution in [3.8, 4) is 5.75 Å². The number of halogens is 1. The van der Waals surface area contributed by atoms with E-state index in [1.807, 2.05) is 13.0 Å². The first-order valence-electron chi connectivity index (χ1n) is 5.34. The van der Waals surface area contributed by atoms with Crippen LogP contribution in [0.5, 0.6) is 5.75 Å². The summed E-state index contributed by atoms with van der Waals surface area (Å²) in [7, 11) is 1.56. The van der Waals surface area contributed by atoms with E-state index in [1.54, 1.807) is 27.0 Å². The predicted molar refractivity (Wildman–Crippen MR) is 67.9 cm³/mol. The average molecular weight is 257 g/mol. The van der Waals surface area contributed by atoms with Crippen LogP contribution in [0.1, 0.15) is 25.0 Å². The highest BCUT2D eigenvalue weighted by Crippen LogP contribution is 2.32. The van der Waals surface area contributed by atoms with Crippen molar-refractivity contribution in [3.05, 3.63) is 28.3 Å². The fourth-order valence-corrected chi connectivity index (χ4v) is 2.11. The molecule has 0 aliphatic heterocycles. The maximum Gasteiger partial charge on any atom is 0.309 e. The molecule has 1 N–H and O–H groups in total. The van der Waals surface area contributed by atoms with Crippen molar-refractivity contribution < 1.29 is 14.6 Å². The van der Waals surface area contributed by atoms with Crippen molar-refractivity contribution >= 4 is 17.6 Å². The molecule has 0 atom stereocenters. The number of methoxy groups -OCH3 is 1. The quantitative estimate of drug-likeness (QED) is 0.899. The molecule has 0 aromatic heterocycles. The Kier molecular flexibility index (Phi) is 4.04. The first-order chi connectivity index (χ1) is 7.77. The minimum atomic E-state index is -0.818. The van der Waals surface area contributed by atoms with Gasteiger partial charge in [0, 0.05) is 0 Å². The molecule has 0 saturated carbocycles. The molecule has 0 amide bonds. The number of rotatable bonds is 4. The van der Waals surface area contributed by atoms with Gasteiger partial charge < -0.3 is 9.84 Å². The van der Waals surface area contributed by atoms with Crippen molar-refractivity contribution in [2.45, 2.75) is 27.2 Å². The Morgan fingerprint density at radius 3 is 2.47 bits per heavy atom. The van der Waals surface area contributed by atoms with Gasteiger partial charge in [-0.1, -0.05) is 17.7 Å². The highest BCUT2D eigenvalue weighted by molar-refractivity contribution is 6.32. The van der Waals surface area contributed by atoms with Crippen LogP contribution >= 0.6 is 11.6 Å². The summed E-state index contributed by atoms with van der Waals surface area (Å²) in [5, 5.41) is 9.60. The van der Waals surface area contributed by atoms with Crippen LogP contribution in [0.25, 0.3) is 0 Å². The van der Waals surface area contributed by atoms with Crippen LogP contribution in [-0.4, -0.2) is 18.2 Å². The Hall–Kier alpha value is -1.22. The molecule has 0 aliphatic carbocycles. The number of aliphatic carboxylic acids is 1. The zero-order valence-corrected chi connectivity index (χ0v) is 11.3. The number of hydrogen-bond acceptors (Lipinski definition) is 2. The Morgan fingerprint density at radius 2 is 2.06 bits per heavy atom. The summed E-state index contributed by atoms with van der Waals surface area (Å²) in [6.07, 6.45) is 0.437. The molecular formula is C13H17ClO3. The third-order valence-corrected chi connectivity index (χ3v) is 3.00. The average Bonchev–Trinajstić information content (AvgIpc) is 2.15. The van der Waals surface area contributed by atoms with Gasteiger partial charge >= 0.3 is 5.97 Å². The van der Waals surface area contributed by atoms with Gasteiger partial charge in [0.2, 0.25) is 0 Å². The number of carboxylic acids is 1. The zero-order valence-electron chi connectivity index (χ0n) is 10.5. The molecule has 17 heavy (non-hydrogen) atoms. The van der Waals surface area contributed by atoms with Gasteiger partial charge in [0.25, 0.3) is 0 Å². The zero-order chi connectivity index (χ0) is 13.2. The number of hydrogen-bond donors (Lipinski definition) is 1. The van der Waals surface area contributed by atoms with Crippen molar-refractivity contribution in [2.75, 3.05) is 7.11 Å². The van der Waals surface area contributed by atoms with Gasteiger partial charge in [0.1, 0.15) is 5.75 Å². The molecular weight excluding hydrogens is 240 g/mol. The van der Waals surface area contributed by atoms with Crippen molar-refractivity contribution in [1.29, 1.82) is 0 Å². The molecule has 1 aromatic carbocycles. The number of benzene rings is 1. The summed E-state index contributed by atoms with van der Waals surface area (Å²) in [4.78, 5) is 11.1. The van der Waals surface area contributed by atoms with Crippen LogP contribution in [0.3, 0.4) is 0 Å². The normalized spacial score (nSPS) is 11.4. The number of carbonyl (C=O) groups is 1. The SMILES string of the molecule is COc1c(C)cc(CC(C)(C)C(=O)O)cc1Cl. The van der Waals surface area contributed by atoms with Gasteiger partial charge in [0.05, 0.1) is 17.5 Å². The number of carboxylic acid groups (broad SMARTS) is 1. The molecule has 94 valence electrons. The molecule has 1 rings (SSSR count). The van der Waals surface area contributed by atoms with E-state index in [2.05, 4.69) is 0 Å². The molecule has 3 nitrogen and oxygen atoms in total. The summed E-state index contributed by atoms with van der Waals surface area (Å²) in [5.74, 6) is -0.175. The summed E-state index contributed by atoms with van der Waals surface area (Å²) in [5.41, 5.74) is 1.02. The minimum Gasteiger partial charge on any atom is -0.495 e. The molecule has 4 heteroatoms. The third-order valence-electron chi connectivity index (χ3n) is 2.72. The van der Waals surface area contributed by atoms with E-state index in [1.165, 1.54) is 0 Å². The van der Waals surface area contributed by atoms with E-state index in [-0.39, 0.29) is 0 Å². The predicted octanol–water partition coefficient (Wildman–Crippen LogP) is 3.31. The molecule has 0 aliphatic rings. The lowest BCUT2D eigenvalue weighted by atomic mass is 9.85. The first kappa shape index (κ1) is 13.8. The van der Waals surface area contributed by atoms with E-state index in [4.69, 9.17) is 21.4 Å². The molecule has 0 bridgehead atoms. The van der Waals surface area contributed by atoms with Gasteiger partial charge in [-0.2, -0.15) is 0 Å². The Balaban J connectivity index is 3.06. The molecule has 1 aromatic rings. The van der Waals surface area contributed by atoms with Crippen LogP contribution in [0.4, 0.5) is 0 Å². The monoisotopic (exact) mass is 256 g/mol. The van der Waals surface area contributed by atoms with E-state index in [0.717, 1.165) is 11.1 Å². The number of aryl methyl sites for hydroxylation is 1. The molecule has 0 spiro atoms. The molecule has 0 radical (unpaired) electrons. The van der Waals surface area contributed by atoms with Gasteiger partial charge in [-0.05, 0) is 44.4 Å². The van der Waals surface area contributed by atoms with Crippen LogP contribution in [0, 0.1) is 12.3 Å². The second-order valence-electron chi connectivity index (χ2n) is 4.79. The van der Waals surface area contributed by atoms with Crippen LogP contribution in [-0.2, 0) is 11.2 Å². The van der Waals surface area contributed by atoms with E-state index in [0.29, 0.717) is 17.2 Å². The fourth-order valence-electron chi connectivity index (χ4n) is 1.75. The molecule has 0 unspecified atom stereocenters. The van der Waals surface area contributed by atoms with Crippen molar-refractivity contribution in [2.24, 2.45) is 5.41 Å². The van der Waals surface area contributed by atoms with E-state index >= 15 is 0 Å². The minimum absolute atomic E-state index is 0.437. The van der Waals surface area contributed by atoms with E-state index < -0.39 is 11.4 Å². The summed E-state index contributed by atoms with van der Waals surface area (Å²) in [6.45, 7) is 5.29. The largest absolute Gasteiger partial charge is 0.495 e. The smallest absolute Gasteiger partial charge is 0.309 e. The lowest BCUT2D eigenvalue weighted by molar-refractivity contribution is -0.146. The summed E-state index contributed by atoms with van der Waals surface area (Å²) in [6, 6.07) is 3.67. The molecule has 0 heterocycles. The lowest BCUT2D eigenvalue weighted by Crippen LogP contribution is -2.26. The Bertz CT molecular complexity index is 415. The van der Waals surface area contributed by atoms with E-state index in [9.17, 15) is 4.79 Å². The maximum atomic E-state index is 11.1. The summed E-state index contributed by atoms with van der Waals surface area (Å²) >= 11 is 6.07. The topological polar surface area (TPSA) is 46.5 Å². The summed E-state index contributed by atoms with van der Waals surface area (Å²) < 4.78 is 5.16. The Labute approximate surface area is 106 Å².